The molecule has 0 saturated heterocycles. The Morgan fingerprint density at radius 2 is 1.88 bits per heavy atom. The first-order chi connectivity index (χ1) is 12.0. The number of nitrogens with zero attached hydrogens (tertiary/aromatic N) is 3. The van der Waals surface area contributed by atoms with Crippen molar-refractivity contribution in [1.82, 2.24) is 15.6 Å². The molecule has 0 saturated carbocycles. The van der Waals surface area contributed by atoms with Crippen molar-refractivity contribution in [2.45, 2.75) is 33.7 Å². The standard InChI is InChI=1S/C19H29N5S/c1-6-20-19(22-13-18-14(2)23-15(3)25-18)21-12-11-16-7-9-17(10-8-16)24(4)5/h7-10H,6,11-13H2,1-5H3,(H2,20,21,22). The van der Waals surface area contributed by atoms with Crippen LogP contribution in [0.4, 0.5) is 5.69 Å². The van der Waals surface area contributed by atoms with Crippen LogP contribution >= 0.6 is 11.3 Å². The number of hydrogen-bond acceptors (Lipinski definition) is 4. The minimum absolute atomic E-state index is 0.671. The number of aromatic nitrogens is 1. The third kappa shape index (κ3) is 6.05. The van der Waals surface area contributed by atoms with Gasteiger partial charge in [-0.3, -0.25) is 0 Å². The van der Waals surface area contributed by atoms with Crippen molar-refractivity contribution in [1.29, 1.82) is 0 Å². The Morgan fingerprint density at radius 3 is 2.44 bits per heavy atom. The predicted octanol–water partition coefficient (Wildman–Crippen LogP) is 3.12. The Morgan fingerprint density at radius 1 is 1.16 bits per heavy atom. The SMILES string of the molecule is CCNC(=NCc1sc(C)nc1C)NCCc1ccc(N(C)C)cc1. The van der Waals surface area contributed by atoms with Crippen molar-refractivity contribution in [2.24, 2.45) is 4.99 Å². The molecule has 0 amide bonds. The summed E-state index contributed by atoms with van der Waals surface area (Å²) in [7, 11) is 4.12. The maximum Gasteiger partial charge on any atom is 0.191 e. The van der Waals surface area contributed by atoms with E-state index in [9.17, 15) is 0 Å². The quantitative estimate of drug-likeness (QED) is 0.589. The van der Waals surface area contributed by atoms with Crippen LogP contribution in [0.25, 0.3) is 0 Å². The van der Waals surface area contributed by atoms with Gasteiger partial charge in [-0.05, 0) is 44.9 Å². The first kappa shape index (κ1) is 19.2. The third-order valence-corrected chi connectivity index (χ3v) is 4.94. The molecule has 1 heterocycles. The highest BCUT2D eigenvalue weighted by molar-refractivity contribution is 7.11. The fraction of sp³-hybridized carbons (Fsp3) is 0.474. The Bertz CT molecular complexity index is 688. The van der Waals surface area contributed by atoms with Crippen LogP contribution in [0, 0.1) is 13.8 Å². The molecule has 2 N–H and O–H groups in total. The number of thiazole rings is 1. The topological polar surface area (TPSA) is 52.6 Å². The number of benzene rings is 1. The number of hydrogen-bond donors (Lipinski definition) is 2. The van der Waals surface area contributed by atoms with Gasteiger partial charge in [0.25, 0.3) is 0 Å². The molecule has 0 bridgehead atoms. The van der Waals surface area contributed by atoms with Crippen LogP contribution in [0.2, 0.25) is 0 Å². The lowest BCUT2D eigenvalue weighted by Crippen LogP contribution is -2.38. The van der Waals surface area contributed by atoms with Gasteiger partial charge >= 0.3 is 0 Å². The van der Waals surface area contributed by atoms with E-state index in [1.807, 2.05) is 13.8 Å². The predicted molar refractivity (Wildman–Crippen MR) is 109 cm³/mol. The minimum atomic E-state index is 0.671. The molecule has 2 aromatic rings. The molecule has 1 aromatic carbocycles. The molecular weight excluding hydrogens is 330 g/mol. The number of nitrogens with one attached hydrogen (secondary N) is 2. The van der Waals surface area contributed by atoms with Crippen LogP contribution < -0.4 is 15.5 Å². The summed E-state index contributed by atoms with van der Waals surface area (Å²) in [6.07, 6.45) is 0.969. The van der Waals surface area contributed by atoms with Gasteiger partial charge in [0.1, 0.15) is 0 Å². The van der Waals surface area contributed by atoms with Gasteiger partial charge in [0.05, 0.1) is 17.2 Å². The van der Waals surface area contributed by atoms with E-state index in [0.717, 1.165) is 36.2 Å². The number of rotatable bonds is 7. The average molecular weight is 360 g/mol. The number of guanidine groups is 1. The molecule has 0 aliphatic heterocycles. The highest BCUT2D eigenvalue weighted by Crippen LogP contribution is 2.17. The van der Waals surface area contributed by atoms with Crippen LogP contribution in [0.3, 0.4) is 0 Å². The molecule has 0 radical (unpaired) electrons. The lowest BCUT2D eigenvalue weighted by molar-refractivity contribution is 0.800. The minimum Gasteiger partial charge on any atom is -0.378 e. The number of aliphatic imine (C=N–C) groups is 1. The van der Waals surface area contributed by atoms with Crippen molar-refractivity contribution >= 4 is 23.0 Å². The van der Waals surface area contributed by atoms with Gasteiger partial charge in [0.2, 0.25) is 0 Å². The normalized spacial score (nSPS) is 11.5. The van der Waals surface area contributed by atoms with E-state index < -0.39 is 0 Å². The second kappa shape index (κ2) is 9.42. The summed E-state index contributed by atoms with van der Waals surface area (Å²) in [4.78, 5) is 12.5. The van der Waals surface area contributed by atoms with Crippen LogP contribution in [0.15, 0.2) is 29.3 Å². The fourth-order valence-corrected chi connectivity index (χ4v) is 3.36. The van der Waals surface area contributed by atoms with Crippen molar-refractivity contribution in [3.8, 4) is 0 Å². The van der Waals surface area contributed by atoms with Gasteiger partial charge in [-0.1, -0.05) is 12.1 Å². The largest absolute Gasteiger partial charge is 0.378 e. The van der Waals surface area contributed by atoms with E-state index in [4.69, 9.17) is 0 Å². The zero-order valence-electron chi connectivity index (χ0n) is 15.9. The zero-order chi connectivity index (χ0) is 18.2. The smallest absolute Gasteiger partial charge is 0.191 e. The van der Waals surface area contributed by atoms with Gasteiger partial charge in [-0.15, -0.1) is 11.3 Å². The van der Waals surface area contributed by atoms with Gasteiger partial charge in [0, 0.05) is 37.7 Å². The van der Waals surface area contributed by atoms with E-state index in [-0.39, 0.29) is 0 Å². The molecule has 6 heteroatoms. The molecule has 0 atom stereocenters. The molecule has 2 rings (SSSR count). The summed E-state index contributed by atoms with van der Waals surface area (Å²) in [5, 5.41) is 7.82. The monoisotopic (exact) mass is 359 g/mol. The first-order valence-corrected chi connectivity index (χ1v) is 9.52. The maximum atomic E-state index is 4.68. The molecule has 0 fully saturated rings. The first-order valence-electron chi connectivity index (χ1n) is 8.71. The highest BCUT2D eigenvalue weighted by atomic mass is 32.1. The summed E-state index contributed by atoms with van der Waals surface area (Å²) in [6, 6.07) is 8.68. The van der Waals surface area contributed by atoms with Crippen molar-refractivity contribution in [3.05, 3.63) is 45.4 Å². The van der Waals surface area contributed by atoms with E-state index in [1.54, 1.807) is 11.3 Å². The molecular formula is C19H29N5S. The van der Waals surface area contributed by atoms with Crippen molar-refractivity contribution in [2.75, 3.05) is 32.1 Å². The summed E-state index contributed by atoms with van der Waals surface area (Å²) in [5.41, 5.74) is 3.63. The summed E-state index contributed by atoms with van der Waals surface area (Å²) < 4.78 is 0. The van der Waals surface area contributed by atoms with E-state index in [0.29, 0.717) is 6.54 Å². The summed E-state index contributed by atoms with van der Waals surface area (Å²) in [6.45, 7) is 8.55. The van der Waals surface area contributed by atoms with Crippen molar-refractivity contribution in [3.63, 3.8) is 0 Å². The molecule has 0 aliphatic carbocycles. The van der Waals surface area contributed by atoms with E-state index in [2.05, 4.69) is 70.8 Å². The summed E-state index contributed by atoms with van der Waals surface area (Å²) in [5.74, 6) is 0.859. The second-order valence-electron chi connectivity index (χ2n) is 6.17. The van der Waals surface area contributed by atoms with Crippen LogP contribution in [0.5, 0.6) is 0 Å². The van der Waals surface area contributed by atoms with E-state index in [1.165, 1.54) is 16.1 Å². The van der Waals surface area contributed by atoms with E-state index >= 15 is 0 Å². The molecule has 0 unspecified atom stereocenters. The third-order valence-electron chi connectivity index (χ3n) is 3.88. The van der Waals surface area contributed by atoms with Crippen LogP contribution in [-0.2, 0) is 13.0 Å². The molecule has 1 aromatic heterocycles. The lowest BCUT2D eigenvalue weighted by Gasteiger charge is -2.13. The Hall–Kier alpha value is -2.08. The van der Waals surface area contributed by atoms with Gasteiger partial charge in [-0.25, -0.2) is 9.98 Å². The van der Waals surface area contributed by atoms with Gasteiger partial charge < -0.3 is 15.5 Å². The Labute approximate surface area is 155 Å². The van der Waals surface area contributed by atoms with Gasteiger partial charge in [0.15, 0.2) is 5.96 Å². The molecule has 136 valence electrons. The van der Waals surface area contributed by atoms with Crippen LogP contribution in [-0.4, -0.2) is 38.1 Å². The Kier molecular flexibility index (Phi) is 7.25. The molecule has 0 spiro atoms. The number of aryl methyl sites for hydroxylation is 2. The highest BCUT2D eigenvalue weighted by Gasteiger charge is 2.05. The average Bonchev–Trinajstić information content (AvgIpc) is 2.90. The number of anilines is 1. The molecule has 5 nitrogen and oxygen atoms in total. The summed E-state index contributed by atoms with van der Waals surface area (Å²) >= 11 is 1.72. The molecule has 25 heavy (non-hydrogen) atoms. The second-order valence-corrected chi connectivity index (χ2v) is 7.46. The fourth-order valence-electron chi connectivity index (χ4n) is 2.50. The maximum absolute atomic E-state index is 4.68. The Balaban J connectivity index is 1.88. The zero-order valence-corrected chi connectivity index (χ0v) is 16.7. The lowest BCUT2D eigenvalue weighted by atomic mass is 10.1. The molecule has 0 aliphatic rings. The van der Waals surface area contributed by atoms with Crippen LogP contribution in [0.1, 0.15) is 28.1 Å². The van der Waals surface area contributed by atoms with Gasteiger partial charge in [-0.2, -0.15) is 0 Å². The van der Waals surface area contributed by atoms with Crippen molar-refractivity contribution < 1.29 is 0 Å².